The third kappa shape index (κ3) is 2.81. The molecule has 6 heteroatoms. The molecule has 0 radical (unpaired) electrons. The normalized spacial score (nSPS) is 13.7. The molecule has 0 atom stereocenters. The minimum atomic E-state index is -0.570. The molecule has 0 unspecified atom stereocenters. The minimum absolute atomic E-state index is 0.0445. The van der Waals surface area contributed by atoms with Crippen LogP contribution in [0.4, 0.5) is 5.82 Å². The summed E-state index contributed by atoms with van der Waals surface area (Å²) in [5.74, 6) is -0.253. The third-order valence-electron chi connectivity index (χ3n) is 3.61. The molecule has 2 heterocycles. The van der Waals surface area contributed by atoms with Crippen molar-refractivity contribution in [3.8, 4) is 11.1 Å². The molecule has 0 aliphatic heterocycles. The highest BCUT2D eigenvalue weighted by Gasteiger charge is 2.30. The summed E-state index contributed by atoms with van der Waals surface area (Å²) in [5, 5.41) is 2.80. The molecule has 2 aromatic heterocycles. The van der Waals surface area contributed by atoms with Crippen LogP contribution in [-0.4, -0.2) is 21.8 Å². The van der Waals surface area contributed by atoms with E-state index < -0.39 is 5.91 Å². The minimum Gasteiger partial charge on any atom is -0.366 e. The summed E-state index contributed by atoms with van der Waals surface area (Å²) in [6.45, 7) is 1.87. The lowest BCUT2D eigenvalue weighted by Gasteiger charge is -2.13. The van der Waals surface area contributed by atoms with Gasteiger partial charge in [0.25, 0.3) is 0 Å². The van der Waals surface area contributed by atoms with Crippen LogP contribution in [0.2, 0.25) is 0 Å². The zero-order valence-corrected chi connectivity index (χ0v) is 12.2. The lowest BCUT2D eigenvalue weighted by atomic mass is 10.0. The first-order valence-corrected chi connectivity index (χ1v) is 7.09. The summed E-state index contributed by atoms with van der Waals surface area (Å²) in [6.07, 6.45) is 4.89. The summed E-state index contributed by atoms with van der Waals surface area (Å²) in [7, 11) is 0. The fourth-order valence-corrected chi connectivity index (χ4v) is 2.23. The molecular weight excluding hydrogens is 280 g/mol. The molecule has 1 aliphatic carbocycles. The van der Waals surface area contributed by atoms with E-state index in [2.05, 4.69) is 15.3 Å². The van der Waals surface area contributed by atoms with Gasteiger partial charge >= 0.3 is 0 Å². The fraction of sp³-hybridized carbons (Fsp3) is 0.250. The maximum Gasteiger partial charge on any atom is 0.249 e. The van der Waals surface area contributed by atoms with Crippen molar-refractivity contribution < 1.29 is 9.59 Å². The number of anilines is 1. The van der Waals surface area contributed by atoms with Crippen LogP contribution in [0.25, 0.3) is 11.1 Å². The summed E-state index contributed by atoms with van der Waals surface area (Å²) in [4.78, 5) is 32.2. The van der Waals surface area contributed by atoms with Gasteiger partial charge in [0.1, 0.15) is 5.82 Å². The number of nitrogens with zero attached hydrogens (tertiary/aromatic N) is 2. The standard InChI is InChI=1S/C16H16N4O2/c1-9-2-3-11(8-19-9)13-12(14(17)21)6-7-18-15(13)20-16(22)10-4-5-10/h2-3,6-8,10H,4-5H2,1H3,(H2,17,21)(H,18,20,22). The first-order valence-electron chi connectivity index (χ1n) is 7.09. The molecule has 3 rings (SSSR count). The number of carbonyl (C=O) groups is 2. The SMILES string of the molecule is Cc1ccc(-c2c(C(N)=O)ccnc2NC(=O)C2CC2)cn1. The van der Waals surface area contributed by atoms with Crippen molar-refractivity contribution in [2.24, 2.45) is 11.7 Å². The van der Waals surface area contributed by atoms with Crippen LogP contribution in [-0.2, 0) is 4.79 Å². The van der Waals surface area contributed by atoms with Gasteiger partial charge in [-0.25, -0.2) is 4.98 Å². The van der Waals surface area contributed by atoms with Gasteiger partial charge in [-0.05, 0) is 31.9 Å². The number of hydrogen-bond acceptors (Lipinski definition) is 4. The maximum absolute atomic E-state index is 12.0. The number of carbonyl (C=O) groups excluding carboxylic acids is 2. The number of aryl methyl sites for hydroxylation is 1. The van der Waals surface area contributed by atoms with E-state index in [1.165, 1.54) is 6.20 Å². The van der Waals surface area contributed by atoms with Gasteiger partial charge in [-0.2, -0.15) is 0 Å². The highest BCUT2D eigenvalue weighted by molar-refractivity contribution is 6.05. The monoisotopic (exact) mass is 296 g/mol. The Morgan fingerprint density at radius 1 is 1.23 bits per heavy atom. The van der Waals surface area contributed by atoms with Gasteiger partial charge in [0.15, 0.2) is 0 Å². The second kappa shape index (κ2) is 5.55. The Kier molecular flexibility index (Phi) is 3.58. The molecule has 1 aliphatic rings. The van der Waals surface area contributed by atoms with Crippen molar-refractivity contribution in [1.82, 2.24) is 9.97 Å². The number of nitrogens with one attached hydrogen (secondary N) is 1. The number of amides is 2. The van der Waals surface area contributed by atoms with Crippen LogP contribution in [0, 0.1) is 12.8 Å². The molecule has 1 saturated carbocycles. The highest BCUT2D eigenvalue weighted by Crippen LogP contribution is 2.33. The van der Waals surface area contributed by atoms with Crippen LogP contribution in [0.5, 0.6) is 0 Å². The van der Waals surface area contributed by atoms with Gasteiger partial charge in [0.2, 0.25) is 11.8 Å². The molecule has 0 spiro atoms. The lowest BCUT2D eigenvalue weighted by molar-refractivity contribution is -0.117. The molecule has 0 saturated heterocycles. The molecule has 6 nitrogen and oxygen atoms in total. The van der Waals surface area contributed by atoms with Crippen molar-refractivity contribution in [3.05, 3.63) is 41.9 Å². The predicted octanol–water partition coefficient (Wildman–Crippen LogP) is 1.90. The summed E-state index contributed by atoms with van der Waals surface area (Å²) in [6, 6.07) is 5.21. The van der Waals surface area contributed by atoms with E-state index in [9.17, 15) is 9.59 Å². The van der Waals surface area contributed by atoms with Crippen LogP contribution in [0.3, 0.4) is 0 Å². The molecule has 2 aromatic rings. The predicted molar refractivity (Wildman–Crippen MR) is 82.1 cm³/mol. The maximum atomic E-state index is 12.0. The number of primary amides is 1. The molecule has 22 heavy (non-hydrogen) atoms. The van der Waals surface area contributed by atoms with Gasteiger partial charge in [0, 0.05) is 35.1 Å². The van der Waals surface area contributed by atoms with Crippen LogP contribution in [0.15, 0.2) is 30.6 Å². The number of rotatable bonds is 4. The lowest BCUT2D eigenvalue weighted by Crippen LogP contribution is -2.18. The summed E-state index contributed by atoms with van der Waals surface area (Å²) >= 11 is 0. The Hall–Kier alpha value is -2.76. The van der Waals surface area contributed by atoms with Crippen molar-refractivity contribution in [1.29, 1.82) is 0 Å². The van der Waals surface area contributed by atoms with Gasteiger partial charge in [0.05, 0.1) is 5.56 Å². The Morgan fingerprint density at radius 2 is 2.00 bits per heavy atom. The molecule has 1 fully saturated rings. The molecule has 0 aromatic carbocycles. The quantitative estimate of drug-likeness (QED) is 0.900. The summed E-state index contributed by atoms with van der Waals surface area (Å²) < 4.78 is 0. The van der Waals surface area contributed by atoms with Crippen molar-refractivity contribution in [2.45, 2.75) is 19.8 Å². The Labute approximate surface area is 127 Å². The van der Waals surface area contributed by atoms with E-state index >= 15 is 0 Å². The second-order valence-corrected chi connectivity index (χ2v) is 5.40. The Morgan fingerprint density at radius 3 is 2.59 bits per heavy atom. The van der Waals surface area contributed by atoms with E-state index in [1.807, 2.05) is 19.1 Å². The van der Waals surface area contributed by atoms with E-state index in [4.69, 9.17) is 5.73 Å². The Balaban J connectivity index is 2.08. The van der Waals surface area contributed by atoms with Gasteiger partial charge in [-0.3, -0.25) is 14.6 Å². The molecule has 112 valence electrons. The highest BCUT2D eigenvalue weighted by atomic mass is 16.2. The number of nitrogens with two attached hydrogens (primary N) is 1. The van der Waals surface area contributed by atoms with Crippen molar-refractivity contribution in [3.63, 3.8) is 0 Å². The van der Waals surface area contributed by atoms with Gasteiger partial charge in [-0.1, -0.05) is 6.07 Å². The van der Waals surface area contributed by atoms with E-state index in [0.717, 1.165) is 18.5 Å². The zero-order valence-electron chi connectivity index (χ0n) is 12.2. The molecule has 2 amide bonds. The van der Waals surface area contributed by atoms with Gasteiger partial charge in [-0.15, -0.1) is 0 Å². The van der Waals surface area contributed by atoms with Crippen LogP contribution >= 0.6 is 0 Å². The van der Waals surface area contributed by atoms with E-state index in [1.54, 1.807) is 12.3 Å². The smallest absolute Gasteiger partial charge is 0.249 e. The third-order valence-corrected chi connectivity index (χ3v) is 3.61. The van der Waals surface area contributed by atoms with Crippen LogP contribution < -0.4 is 11.1 Å². The summed E-state index contributed by atoms with van der Waals surface area (Å²) in [5.41, 5.74) is 7.83. The molecular formula is C16H16N4O2. The Bertz CT molecular complexity index is 736. The number of hydrogen-bond donors (Lipinski definition) is 2. The average molecular weight is 296 g/mol. The van der Waals surface area contributed by atoms with E-state index in [-0.39, 0.29) is 11.8 Å². The van der Waals surface area contributed by atoms with Crippen molar-refractivity contribution in [2.75, 3.05) is 5.32 Å². The van der Waals surface area contributed by atoms with Gasteiger partial charge < -0.3 is 11.1 Å². The molecule has 0 bridgehead atoms. The number of aromatic nitrogens is 2. The first-order chi connectivity index (χ1) is 10.6. The fourth-order valence-electron chi connectivity index (χ4n) is 2.23. The zero-order chi connectivity index (χ0) is 15.7. The van der Waals surface area contributed by atoms with E-state index in [0.29, 0.717) is 22.5 Å². The van der Waals surface area contributed by atoms with Crippen LogP contribution in [0.1, 0.15) is 28.9 Å². The second-order valence-electron chi connectivity index (χ2n) is 5.40. The number of pyridine rings is 2. The average Bonchev–Trinajstić information content (AvgIpc) is 3.32. The topological polar surface area (TPSA) is 98.0 Å². The van der Waals surface area contributed by atoms with Crippen molar-refractivity contribution >= 4 is 17.6 Å². The largest absolute Gasteiger partial charge is 0.366 e. The molecule has 3 N–H and O–H groups in total. The first kappa shape index (κ1) is 14.2.